The van der Waals surface area contributed by atoms with Crippen molar-refractivity contribution in [2.45, 2.75) is 61.3 Å². The summed E-state index contributed by atoms with van der Waals surface area (Å²) in [5.74, 6) is 2.26. The van der Waals surface area contributed by atoms with Crippen LogP contribution in [-0.4, -0.2) is 18.5 Å². The van der Waals surface area contributed by atoms with Gasteiger partial charge in [-0.3, -0.25) is 4.74 Å². The van der Waals surface area contributed by atoms with E-state index in [1.165, 1.54) is 24.2 Å². The summed E-state index contributed by atoms with van der Waals surface area (Å²) in [6.07, 6.45) is 18.5. The standard InChI is InChI=1S/C17H32NP.C6H10.Ti/c1-14(2)11-19(12-15(3)4,13-16(5)6)18-17-9-7-8-10-17;1-3-5-6-4-2;/h7-9,14-16H,10-13H2,1-6H3;3,5-6H,1,4H2,2H3;. The molecule has 0 saturated heterocycles. The maximum Gasteiger partial charge on any atom is 0.0425 e. The molecular formula is C23H42NPTi. The summed E-state index contributed by atoms with van der Waals surface area (Å²) >= 11 is 0. The number of rotatable bonds is 9. The third-order valence-corrected chi connectivity index (χ3v) is 8.63. The largest absolute Gasteiger partial charge is 0.272 e. The van der Waals surface area contributed by atoms with Crippen LogP contribution in [0.25, 0.3) is 0 Å². The van der Waals surface area contributed by atoms with Crippen molar-refractivity contribution in [2.75, 3.05) is 18.5 Å². The molecule has 3 heteroatoms. The zero-order valence-corrected chi connectivity index (χ0v) is 20.8. The van der Waals surface area contributed by atoms with Crippen molar-refractivity contribution < 1.29 is 21.7 Å². The molecule has 1 nitrogen and oxygen atoms in total. The molecule has 0 aliphatic heterocycles. The van der Waals surface area contributed by atoms with Crippen molar-refractivity contribution in [2.24, 2.45) is 22.5 Å². The molecule has 0 fully saturated rings. The van der Waals surface area contributed by atoms with Crippen molar-refractivity contribution in [1.82, 2.24) is 0 Å². The first-order valence-corrected chi connectivity index (χ1v) is 12.3. The third kappa shape index (κ3) is 14.0. The SMILES string of the molecule is C=CC=CCC.CC(C)CP(CC(C)C)(CC(C)C)=NC1=CC=CC1.[Ti]. The minimum absolute atomic E-state index is 0. The second kappa shape index (κ2) is 15.9. The average molecular weight is 411 g/mol. The molecule has 1 aliphatic rings. The van der Waals surface area contributed by atoms with Crippen LogP contribution in [0.1, 0.15) is 61.3 Å². The summed E-state index contributed by atoms with van der Waals surface area (Å²) < 4.78 is 5.34. The molecule has 0 heterocycles. The van der Waals surface area contributed by atoms with Crippen molar-refractivity contribution in [1.29, 1.82) is 0 Å². The Balaban J connectivity index is 0. The molecular weight excluding hydrogens is 369 g/mol. The summed E-state index contributed by atoms with van der Waals surface area (Å²) in [6, 6.07) is 0. The Morgan fingerprint density at radius 1 is 1.04 bits per heavy atom. The average Bonchev–Trinajstić information content (AvgIpc) is 2.95. The summed E-state index contributed by atoms with van der Waals surface area (Å²) in [6.45, 7) is 19.7. The van der Waals surface area contributed by atoms with E-state index < -0.39 is 7.05 Å². The van der Waals surface area contributed by atoms with Gasteiger partial charge in [0.25, 0.3) is 0 Å². The van der Waals surface area contributed by atoms with Crippen LogP contribution in [0.2, 0.25) is 0 Å². The van der Waals surface area contributed by atoms with Crippen LogP contribution in [0.4, 0.5) is 0 Å². The number of allylic oxidation sites excluding steroid dienone is 6. The van der Waals surface area contributed by atoms with Gasteiger partial charge in [-0.25, -0.2) is 0 Å². The normalized spacial score (nSPS) is 13.7. The van der Waals surface area contributed by atoms with Crippen LogP contribution in [0.15, 0.2) is 53.5 Å². The van der Waals surface area contributed by atoms with Crippen LogP contribution in [0, 0.1) is 17.8 Å². The topological polar surface area (TPSA) is 12.4 Å². The smallest absolute Gasteiger partial charge is 0.0425 e. The zero-order valence-electron chi connectivity index (χ0n) is 18.3. The quantitative estimate of drug-likeness (QED) is 0.206. The van der Waals surface area contributed by atoms with Crippen molar-refractivity contribution in [3.05, 3.63) is 48.7 Å². The van der Waals surface area contributed by atoms with E-state index in [0.717, 1.165) is 30.6 Å². The summed E-state index contributed by atoms with van der Waals surface area (Å²) in [7, 11) is -1.20. The van der Waals surface area contributed by atoms with Crippen LogP contribution in [0.5, 0.6) is 0 Å². The van der Waals surface area contributed by atoms with E-state index in [0.29, 0.717) is 0 Å². The van der Waals surface area contributed by atoms with Gasteiger partial charge in [-0.05, 0) is 55.8 Å². The molecule has 0 unspecified atom stereocenters. The number of hydrogen-bond acceptors (Lipinski definition) is 1. The monoisotopic (exact) mass is 411 g/mol. The van der Waals surface area contributed by atoms with Gasteiger partial charge >= 0.3 is 0 Å². The van der Waals surface area contributed by atoms with Gasteiger partial charge in [0.2, 0.25) is 0 Å². The van der Waals surface area contributed by atoms with Crippen LogP contribution < -0.4 is 0 Å². The number of nitrogens with zero attached hydrogens (tertiary/aromatic N) is 1. The molecule has 1 rings (SSSR count). The zero-order chi connectivity index (χ0) is 19.3. The summed E-state index contributed by atoms with van der Waals surface area (Å²) in [5.41, 5.74) is 1.33. The second-order valence-corrected chi connectivity index (χ2v) is 11.8. The first-order chi connectivity index (χ1) is 11.7. The molecule has 26 heavy (non-hydrogen) atoms. The van der Waals surface area contributed by atoms with Crippen molar-refractivity contribution in [3.63, 3.8) is 0 Å². The van der Waals surface area contributed by atoms with Crippen molar-refractivity contribution in [3.8, 4) is 0 Å². The Morgan fingerprint density at radius 3 is 1.81 bits per heavy atom. The first kappa shape index (κ1) is 28.1. The molecule has 0 radical (unpaired) electrons. The minimum Gasteiger partial charge on any atom is -0.272 e. The Morgan fingerprint density at radius 2 is 1.54 bits per heavy atom. The van der Waals surface area contributed by atoms with E-state index in [1.54, 1.807) is 6.08 Å². The maximum atomic E-state index is 5.34. The second-order valence-electron chi connectivity index (χ2n) is 8.29. The predicted octanol–water partition coefficient (Wildman–Crippen LogP) is 8.14. The molecule has 0 amide bonds. The number of hydrogen-bond donors (Lipinski definition) is 0. The predicted molar refractivity (Wildman–Crippen MR) is 120 cm³/mol. The van der Waals surface area contributed by atoms with Gasteiger partial charge in [0.15, 0.2) is 0 Å². The molecule has 148 valence electrons. The van der Waals surface area contributed by atoms with E-state index in [1.807, 2.05) is 6.08 Å². The Bertz CT molecular complexity index is 477. The minimum atomic E-state index is -1.20. The summed E-state index contributed by atoms with van der Waals surface area (Å²) in [4.78, 5) is 0. The van der Waals surface area contributed by atoms with E-state index >= 15 is 0 Å². The Labute approximate surface area is 179 Å². The van der Waals surface area contributed by atoms with Gasteiger partial charge < -0.3 is 0 Å². The molecule has 1 aliphatic carbocycles. The molecule has 0 atom stereocenters. The van der Waals surface area contributed by atoms with Crippen LogP contribution in [0.3, 0.4) is 0 Å². The summed E-state index contributed by atoms with van der Waals surface area (Å²) in [5, 5.41) is 0. The molecule has 0 aromatic carbocycles. The molecule has 0 saturated carbocycles. The van der Waals surface area contributed by atoms with Crippen LogP contribution >= 0.6 is 7.05 Å². The van der Waals surface area contributed by atoms with Crippen LogP contribution in [-0.2, 0) is 21.7 Å². The van der Waals surface area contributed by atoms with Gasteiger partial charge in [0, 0.05) is 33.8 Å². The van der Waals surface area contributed by atoms with Gasteiger partial charge in [-0.2, -0.15) is 0 Å². The molecule has 0 aromatic heterocycles. The van der Waals surface area contributed by atoms with E-state index in [9.17, 15) is 0 Å². The van der Waals surface area contributed by atoms with Gasteiger partial charge in [0.05, 0.1) is 0 Å². The molecule has 0 aromatic rings. The van der Waals surface area contributed by atoms with E-state index in [2.05, 4.69) is 79.3 Å². The van der Waals surface area contributed by atoms with Gasteiger partial charge in [-0.15, -0.1) is 0 Å². The molecule has 0 spiro atoms. The Hall–Kier alpha value is -0.0957. The van der Waals surface area contributed by atoms with Gasteiger partial charge in [-0.1, -0.05) is 85.4 Å². The molecule has 0 N–H and O–H groups in total. The fourth-order valence-corrected chi connectivity index (χ4v) is 8.86. The fraction of sp³-hybridized carbons (Fsp3) is 0.652. The molecule has 0 bridgehead atoms. The third-order valence-electron chi connectivity index (χ3n) is 3.72. The first-order valence-electron chi connectivity index (χ1n) is 9.97. The Kier molecular flexibility index (Phi) is 17.2. The van der Waals surface area contributed by atoms with E-state index in [4.69, 9.17) is 4.74 Å². The maximum absolute atomic E-state index is 5.34. The fourth-order valence-electron chi connectivity index (χ4n) is 3.40. The van der Waals surface area contributed by atoms with Crippen molar-refractivity contribution >= 4 is 7.05 Å². The van der Waals surface area contributed by atoms with E-state index in [-0.39, 0.29) is 21.7 Å². The van der Waals surface area contributed by atoms with Gasteiger partial charge in [0.1, 0.15) is 0 Å².